The number of thiophene rings is 1. The fraction of sp³-hybridized carbons (Fsp3) is 0.214. The number of methoxy groups -OCH3 is 1. The standard InChI is InChI=1S/C14H14FNO2S/c1-18-13(10-3-2-4-12(15)7-10)8-16-14(17)11-5-6-19-9-11/h2-7,9,13H,8H2,1H3,(H,16,17). The molecule has 2 rings (SSSR count). The van der Waals surface area contributed by atoms with Crippen molar-refractivity contribution in [1.29, 1.82) is 0 Å². The molecule has 0 aliphatic rings. The van der Waals surface area contributed by atoms with E-state index in [2.05, 4.69) is 5.32 Å². The van der Waals surface area contributed by atoms with E-state index in [1.54, 1.807) is 23.6 Å². The van der Waals surface area contributed by atoms with Gasteiger partial charge < -0.3 is 10.1 Å². The second-order valence-electron chi connectivity index (χ2n) is 4.00. The molecule has 0 fully saturated rings. The maximum Gasteiger partial charge on any atom is 0.252 e. The number of nitrogens with one attached hydrogen (secondary N) is 1. The number of rotatable bonds is 5. The van der Waals surface area contributed by atoms with Crippen LogP contribution in [0.3, 0.4) is 0 Å². The van der Waals surface area contributed by atoms with Gasteiger partial charge in [0.05, 0.1) is 6.10 Å². The molecule has 0 aliphatic carbocycles. The van der Waals surface area contributed by atoms with Gasteiger partial charge in [-0.15, -0.1) is 0 Å². The van der Waals surface area contributed by atoms with Crippen molar-refractivity contribution in [2.75, 3.05) is 13.7 Å². The first-order valence-corrected chi connectivity index (χ1v) is 6.73. The number of carbonyl (C=O) groups is 1. The summed E-state index contributed by atoms with van der Waals surface area (Å²) in [6, 6.07) is 7.93. The lowest BCUT2D eigenvalue weighted by molar-refractivity contribution is 0.0827. The first-order valence-electron chi connectivity index (χ1n) is 5.79. The van der Waals surface area contributed by atoms with Gasteiger partial charge in [0.25, 0.3) is 5.91 Å². The molecule has 1 aromatic carbocycles. The third kappa shape index (κ3) is 3.62. The van der Waals surface area contributed by atoms with Crippen molar-refractivity contribution in [3.8, 4) is 0 Å². The van der Waals surface area contributed by atoms with Gasteiger partial charge in [-0.25, -0.2) is 4.39 Å². The highest BCUT2D eigenvalue weighted by atomic mass is 32.1. The third-order valence-electron chi connectivity index (χ3n) is 2.74. The second-order valence-corrected chi connectivity index (χ2v) is 4.78. The Morgan fingerprint density at radius 3 is 2.95 bits per heavy atom. The maximum absolute atomic E-state index is 13.1. The number of halogens is 1. The molecule has 3 nitrogen and oxygen atoms in total. The predicted molar refractivity (Wildman–Crippen MR) is 72.8 cm³/mol. The van der Waals surface area contributed by atoms with Gasteiger partial charge in [0.2, 0.25) is 0 Å². The molecule has 0 spiro atoms. The molecule has 0 bridgehead atoms. The maximum atomic E-state index is 13.1. The number of benzene rings is 1. The van der Waals surface area contributed by atoms with Crippen molar-refractivity contribution < 1.29 is 13.9 Å². The largest absolute Gasteiger partial charge is 0.375 e. The zero-order valence-electron chi connectivity index (χ0n) is 10.4. The third-order valence-corrected chi connectivity index (χ3v) is 3.42. The molecule has 0 aliphatic heterocycles. The lowest BCUT2D eigenvalue weighted by Crippen LogP contribution is -2.28. The Labute approximate surface area is 115 Å². The van der Waals surface area contributed by atoms with E-state index in [1.807, 2.05) is 5.38 Å². The van der Waals surface area contributed by atoms with E-state index in [0.717, 1.165) is 0 Å². The summed E-state index contributed by atoms with van der Waals surface area (Å²) in [6.45, 7) is 0.300. The molecule has 0 radical (unpaired) electrons. The first-order chi connectivity index (χ1) is 9.20. The van der Waals surface area contributed by atoms with Crippen molar-refractivity contribution in [1.82, 2.24) is 5.32 Å². The van der Waals surface area contributed by atoms with Crippen LogP contribution < -0.4 is 5.32 Å². The minimum absolute atomic E-state index is 0.153. The lowest BCUT2D eigenvalue weighted by atomic mass is 10.1. The summed E-state index contributed by atoms with van der Waals surface area (Å²) in [4.78, 5) is 11.8. The van der Waals surface area contributed by atoms with E-state index in [4.69, 9.17) is 4.74 Å². The number of hydrogen-bond acceptors (Lipinski definition) is 3. The van der Waals surface area contributed by atoms with Gasteiger partial charge in [-0.05, 0) is 29.1 Å². The van der Waals surface area contributed by atoms with Gasteiger partial charge in [0, 0.05) is 24.6 Å². The Morgan fingerprint density at radius 2 is 2.32 bits per heavy atom. The average Bonchev–Trinajstić information content (AvgIpc) is 2.93. The van der Waals surface area contributed by atoms with E-state index in [-0.39, 0.29) is 17.8 Å². The Hall–Kier alpha value is -1.72. The van der Waals surface area contributed by atoms with Gasteiger partial charge in [-0.3, -0.25) is 4.79 Å². The SMILES string of the molecule is COC(CNC(=O)c1ccsc1)c1cccc(F)c1. The molecule has 1 N–H and O–H groups in total. The van der Waals surface area contributed by atoms with Crippen LogP contribution in [0.2, 0.25) is 0 Å². The molecule has 0 saturated heterocycles. The summed E-state index contributed by atoms with van der Waals surface area (Å²) in [5.74, 6) is -0.469. The highest BCUT2D eigenvalue weighted by Gasteiger charge is 2.13. The zero-order chi connectivity index (χ0) is 13.7. The molecule has 1 unspecified atom stereocenters. The average molecular weight is 279 g/mol. The van der Waals surface area contributed by atoms with Crippen molar-refractivity contribution in [2.45, 2.75) is 6.10 Å². The Balaban J connectivity index is 1.98. The molecule has 1 atom stereocenters. The molecule has 0 saturated carbocycles. The molecule has 1 amide bonds. The van der Waals surface area contributed by atoms with Gasteiger partial charge >= 0.3 is 0 Å². The topological polar surface area (TPSA) is 38.3 Å². The summed E-state index contributed by atoms with van der Waals surface area (Å²) in [5.41, 5.74) is 1.33. The monoisotopic (exact) mass is 279 g/mol. The second kappa shape index (κ2) is 6.45. The smallest absolute Gasteiger partial charge is 0.252 e. The van der Waals surface area contributed by atoms with E-state index >= 15 is 0 Å². The summed E-state index contributed by atoms with van der Waals surface area (Å²) >= 11 is 1.46. The normalized spacial score (nSPS) is 12.1. The summed E-state index contributed by atoms with van der Waals surface area (Å²) in [7, 11) is 1.53. The molecular weight excluding hydrogens is 265 g/mol. The molecule has 1 aromatic heterocycles. The van der Waals surface area contributed by atoms with Gasteiger partial charge in [0.15, 0.2) is 0 Å². The van der Waals surface area contributed by atoms with Crippen LogP contribution in [0, 0.1) is 5.82 Å². The van der Waals surface area contributed by atoms with E-state index in [9.17, 15) is 9.18 Å². The fourth-order valence-corrected chi connectivity index (χ4v) is 2.36. The van der Waals surface area contributed by atoms with Gasteiger partial charge in [-0.2, -0.15) is 11.3 Å². The van der Waals surface area contributed by atoms with Gasteiger partial charge in [0.1, 0.15) is 5.82 Å². The lowest BCUT2D eigenvalue weighted by Gasteiger charge is -2.16. The number of hydrogen-bond donors (Lipinski definition) is 1. The van der Waals surface area contributed by atoms with Crippen LogP contribution in [0.4, 0.5) is 4.39 Å². The van der Waals surface area contributed by atoms with Crippen molar-refractivity contribution >= 4 is 17.2 Å². The molecule has 19 heavy (non-hydrogen) atoms. The number of carbonyl (C=O) groups excluding carboxylic acids is 1. The Kier molecular flexibility index (Phi) is 4.65. The molecule has 100 valence electrons. The van der Waals surface area contributed by atoms with Crippen LogP contribution in [-0.2, 0) is 4.74 Å². The van der Waals surface area contributed by atoms with Crippen LogP contribution in [0.1, 0.15) is 22.0 Å². The Morgan fingerprint density at radius 1 is 1.47 bits per heavy atom. The minimum atomic E-state index is -0.363. The van der Waals surface area contributed by atoms with Crippen LogP contribution in [-0.4, -0.2) is 19.6 Å². The molecule has 5 heteroatoms. The molecule has 1 heterocycles. The van der Waals surface area contributed by atoms with Crippen LogP contribution in [0.25, 0.3) is 0 Å². The fourth-order valence-electron chi connectivity index (χ4n) is 1.73. The van der Waals surface area contributed by atoms with Crippen molar-refractivity contribution in [3.63, 3.8) is 0 Å². The summed E-state index contributed by atoms with van der Waals surface area (Å²) in [5, 5.41) is 6.39. The van der Waals surface area contributed by atoms with Crippen LogP contribution in [0.5, 0.6) is 0 Å². The highest BCUT2D eigenvalue weighted by molar-refractivity contribution is 7.08. The van der Waals surface area contributed by atoms with Gasteiger partial charge in [-0.1, -0.05) is 12.1 Å². The van der Waals surface area contributed by atoms with Crippen molar-refractivity contribution in [2.24, 2.45) is 0 Å². The number of amides is 1. The number of ether oxygens (including phenoxy) is 1. The highest BCUT2D eigenvalue weighted by Crippen LogP contribution is 2.17. The van der Waals surface area contributed by atoms with Crippen molar-refractivity contribution in [3.05, 3.63) is 58.0 Å². The van der Waals surface area contributed by atoms with E-state index < -0.39 is 0 Å². The molecular formula is C14H14FNO2S. The van der Waals surface area contributed by atoms with Crippen LogP contribution in [0.15, 0.2) is 41.1 Å². The minimum Gasteiger partial charge on any atom is -0.375 e. The van der Waals surface area contributed by atoms with E-state index in [0.29, 0.717) is 17.7 Å². The zero-order valence-corrected chi connectivity index (χ0v) is 11.2. The van der Waals surface area contributed by atoms with E-state index in [1.165, 1.54) is 30.6 Å². The quantitative estimate of drug-likeness (QED) is 0.913. The summed E-state index contributed by atoms with van der Waals surface area (Å²) < 4.78 is 18.4. The molecule has 2 aromatic rings. The first kappa shape index (κ1) is 13.7. The Bertz CT molecular complexity index is 542. The van der Waals surface area contributed by atoms with Crippen LogP contribution >= 0.6 is 11.3 Å². The summed E-state index contributed by atoms with van der Waals surface area (Å²) in [6.07, 6.45) is -0.363. The predicted octanol–water partition coefficient (Wildman–Crippen LogP) is 3.00.